The number of hydrogen-bond acceptors (Lipinski definition) is 3. The summed E-state index contributed by atoms with van der Waals surface area (Å²) >= 11 is 0. The van der Waals surface area contributed by atoms with Gasteiger partial charge in [-0.05, 0) is 19.3 Å². The number of carbonyl (C=O) groups excluding carboxylic acids is 1. The van der Waals surface area contributed by atoms with Gasteiger partial charge in [0.15, 0.2) is 0 Å². The van der Waals surface area contributed by atoms with Gasteiger partial charge >= 0.3 is 0 Å². The quantitative estimate of drug-likeness (QED) is 0.668. The molecule has 4 heteroatoms. The van der Waals surface area contributed by atoms with Crippen molar-refractivity contribution in [3.8, 4) is 0 Å². The van der Waals surface area contributed by atoms with E-state index in [1.54, 1.807) is 0 Å². The zero-order chi connectivity index (χ0) is 7.68. The van der Waals surface area contributed by atoms with Gasteiger partial charge in [0.05, 0.1) is 12.2 Å². The third-order valence-electron chi connectivity index (χ3n) is 2.67. The SMILES string of the molecule is O=[C-]O[C@@H]1CC[C@@H]2OCC[C@@H]21.[Y]. The summed E-state index contributed by atoms with van der Waals surface area (Å²) in [5.74, 6) is 0.455. The summed E-state index contributed by atoms with van der Waals surface area (Å²) in [5, 5.41) is 0. The molecule has 0 aromatic heterocycles. The minimum atomic E-state index is 0. The van der Waals surface area contributed by atoms with Crippen molar-refractivity contribution >= 4 is 6.47 Å². The largest absolute Gasteiger partial charge is 0.650 e. The van der Waals surface area contributed by atoms with Crippen molar-refractivity contribution in [1.82, 2.24) is 0 Å². The summed E-state index contributed by atoms with van der Waals surface area (Å²) < 4.78 is 10.3. The molecule has 1 aliphatic heterocycles. The van der Waals surface area contributed by atoms with Crippen LogP contribution in [0.25, 0.3) is 0 Å². The van der Waals surface area contributed by atoms with Gasteiger partial charge in [-0.2, -0.15) is 0 Å². The van der Waals surface area contributed by atoms with E-state index in [-0.39, 0.29) is 38.8 Å². The summed E-state index contributed by atoms with van der Waals surface area (Å²) in [7, 11) is 0. The molecule has 1 aliphatic carbocycles. The zero-order valence-electron chi connectivity index (χ0n) is 6.86. The average molecular weight is 244 g/mol. The molecule has 2 aliphatic rings. The van der Waals surface area contributed by atoms with E-state index in [9.17, 15) is 4.79 Å². The normalized spacial score (nSPS) is 38.5. The van der Waals surface area contributed by atoms with Crippen LogP contribution in [0.5, 0.6) is 0 Å². The molecule has 1 heterocycles. The Kier molecular flexibility index (Phi) is 4.14. The van der Waals surface area contributed by atoms with Crippen molar-refractivity contribution in [1.29, 1.82) is 0 Å². The third-order valence-corrected chi connectivity index (χ3v) is 2.67. The van der Waals surface area contributed by atoms with Crippen LogP contribution >= 0.6 is 0 Å². The van der Waals surface area contributed by atoms with Crippen molar-refractivity contribution in [2.24, 2.45) is 5.92 Å². The van der Waals surface area contributed by atoms with Crippen LogP contribution in [0.3, 0.4) is 0 Å². The van der Waals surface area contributed by atoms with Crippen molar-refractivity contribution in [3.05, 3.63) is 0 Å². The molecule has 0 bridgehead atoms. The fourth-order valence-electron chi connectivity index (χ4n) is 2.14. The van der Waals surface area contributed by atoms with Crippen LogP contribution in [0.1, 0.15) is 19.3 Å². The molecule has 0 aromatic carbocycles. The first kappa shape index (κ1) is 10.6. The van der Waals surface area contributed by atoms with E-state index in [4.69, 9.17) is 9.47 Å². The van der Waals surface area contributed by atoms with Crippen molar-refractivity contribution in [3.63, 3.8) is 0 Å². The minimum absolute atomic E-state index is 0. The number of hydrogen-bond donors (Lipinski definition) is 0. The summed E-state index contributed by atoms with van der Waals surface area (Å²) in [6, 6.07) is 0. The smallest absolute Gasteiger partial charge is 0.0652 e. The Balaban J connectivity index is 0.000000720. The second-order valence-electron chi connectivity index (χ2n) is 3.18. The molecular formula is C8H11O3Y-. The average Bonchev–Trinajstić information content (AvgIpc) is 2.53. The second-order valence-corrected chi connectivity index (χ2v) is 3.18. The molecule has 2 fully saturated rings. The Morgan fingerprint density at radius 2 is 2.17 bits per heavy atom. The number of rotatable bonds is 2. The van der Waals surface area contributed by atoms with E-state index in [1.165, 1.54) is 6.47 Å². The summed E-state index contributed by atoms with van der Waals surface area (Å²) in [6.07, 6.45) is 3.46. The first-order valence-electron chi connectivity index (χ1n) is 4.06. The molecule has 0 N–H and O–H groups in total. The maximum absolute atomic E-state index is 9.96. The maximum Gasteiger partial charge on any atom is 0.0652 e. The molecule has 1 saturated carbocycles. The molecule has 0 amide bonds. The third kappa shape index (κ3) is 1.89. The van der Waals surface area contributed by atoms with Crippen LogP contribution < -0.4 is 0 Å². The van der Waals surface area contributed by atoms with Gasteiger partial charge in [0.25, 0.3) is 0 Å². The molecule has 1 radical (unpaired) electrons. The minimum Gasteiger partial charge on any atom is -0.650 e. The Morgan fingerprint density at radius 1 is 1.33 bits per heavy atom. The predicted octanol–water partition coefficient (Wildman–Crippen LogP) is 0.635. The summed E-state index contributed by atoms with van der Waals surface area (Å²) in [6.45, 7) is 2.34. The monoisotopic (exact) mass is 244 g/mol. The van der Waals surface area contributed by atoms with Crippen LogP contribution in [0, 0.1) is 5.92 Å². The van der Waals surface area contributed by atoms with Gasteiger partial charge in [-0.1, -0.05) is 6.47 Å². The molecule has 0 aromatic rings. The molecule has 65 valence electrons. The van der Waals surface area contributed by atoms with Crippen molar-refractivity contribution in [2.75, 3.05) is 6.61 Å². The van der Waals surface area contributed by atoms with Crippen LogP contribution in [-0.4, -0.2) is 25.3 Å². The van der Waals surface area contributed by atoms with E-state index in [1.807, 2.05) is 0 Å². The van der Waals surface area contributed by atoms with Gasteiger partial charge in [0.1, 0.15) is 0 Å². The first-order chi connectivity index (χ1) is 5.42. The van der Waals surface area contributed by atoms with Crippen LogP contribution in [-0.2, 0) is 47.0 Å². The molecule has 3 atom stereocenters. The van der Waals surface area contributed by atoms with E-state index in [2.05, 4.69) is 0 Å². The van der Waals surface area contributed by atoms with Crippen LogP contribution in [0.4, 0.5) is 0 Å². The van der Waals surface area contributed by atoms with E-state index >= 15 is 0 Å². The van der Waals surface area contributed by atoms with Crippen molar-refractivity contribution in [2.45, 2.75) is 31.5 Å². The van der Waals surface area contributed by atoms with Gasteiger partial charge in [-0.15, -0.1) is 0 Å². The maximum atomic E-state index is 9.96. The molecule has 0 spiro atoms. The van der Waals surface area contributed by atoms with Gasteiger partial charge in [0.2, 0.25) is 0 Å². The number of fused-ring (bicyclic) bond motifs is 1. The summed E-state index contributed by atoms with van der Waals surface area (Å²) in [5.41, 5.74) is 0. The first-order valence-corrected chi connectivity index (χ1v) is 4.06. The molecule has 2 rings (SSSR count). The van der Waals surface area contributed by atoms with E-state index in [0.717, 1.165) is 25.9 Å². The molecule has 3 nitrogen and oxygen atoms in total. The van der Waals surface area contributed by atoms with Crippen LogP contribution in [0.2, 0.25) is 0 Å². The van der Waals surface area contributed by atoms with Gasteiger partial charge in [0, 0.05) is 45.2 Å². The molecule has 12 heavy (non-hydrogen) atoms. The van der Waals surface area contributed by atoms with E-state index < -0.39 is 0 Å². The summed E-state index contributed by atoms with van der Waals surface area (Å²) in [4.78, 5) is 9.96. The van der Waals surface area contributed by atoms with Gasteiger partial charge in [-0.25, -0.2) is 0 Å². The second kappa shape index (κ2) is 4.68. The van der Waals surface area contributed by atoms with Crippen molar-refractivity contribution < 1.29 is 47.0 Å². The fraction of sp³-hybridized carbons (Fsp3) is 0.875. The van der Waals surface area contributed by atoms with Crippen LogP contribution in [0.15, 0.2) is 0 Å². The zero-order valence-corrected chi connectivity index (χ0v) is 9.70. The van der Waals surface area contributed by atoms with Gasteiger partial charge in [-0.3, -0.25) is 0 Å². The Bertz CT molecular complexity index is 162. The standard InChI is InChI=1S/C8H11O3.Y/c9-5-11-8-2-1-7-6(8)3-4-10-7;/h6-8H,1-4H2;/q-1;/t6-,7-,8+;/m0./s1. The Morgan fingerprint density at radius 3 is 2.92 bits per heavy atom. The fourth-order valence-corrected chi connectivity index (χ4v) is 2.14. The number of ether oxygens (including phenoxy) is 2. The topological polar surface area (TPSA) is 35.5 Å². The Labute approximate surface area is 97.1 Å². The molecule has 1 saturated heterocycles. The van der Waals surface area contributed by atoms with E-state index in [0.29, 0.717) is 12.0 Å². The molecule has 0 unspecified atom stereocenters. The molecular weight excluding hydrogens is 233 g/mol. The Hall–Kier alpha value is 0.534. The predicted molar refractivity (Wildman–Crippen MR) is 37.6 cm³/mol. The van der Waals surface area contributed by atoms with Gasteiger partial charge < -0.3 is 14.3 Å².